The Hall–Kier alpha value is -1.27. The lowest BCUT2D eigenvalue weighted by atomic mass is 10.2. The molecule has 19 heavy (non-hydrogen) atoms. The second-order valence-electron chi connectivity index (χ2n) is 5.11. The Bertz CT molecular complexity index is 561. The Morgan fingerprint density at radius 3 is 2.32 bits per heavy atom. The van der Waals surface area contributed by atoms with Gasteiger partial charge in [-0.25, -0.2) is 13.1 Å². The maximum Gasteiger partial charge on any atom is 0.240 e. The SMILES string of the molecule is CNS(=O)(=O)c1ccc(N2[C@@H](C)CC[C@@H]2C)c(N)c1. The Kier molecular flexibility index (Phi) is 3.73. The second-order valence-corrected chi connectivity index (χ2v) is 7.00. The fraction of sp³-hybridized carbons (Fsp3) is 0.538. The lowest BCUT2D eigenvalue weighted by Crippen LogP contribution is -2.33. The highest BCUT2D eigenvalue weighted by molar-refractivity contribution is 7.89. The van der Waals surface area contributed by atoms with Crippen LogP contribution >= 0.6 is 0 Å². The van der Waals surface area contributed by atoms with Gasteiger partial charge in [-0.15, -0.1) is 0 Å². The van der Waals surface area contributed by atoms with Crippen molar-refractivity contribution in [3.63, 3.8) is 0 Å². The van der Waals surface area contributed by atoms with Crippen LogP contribution in [-0.2, 0) is 10.0 Å². The van der Waals surface area contributed by atoms with Gasteiger partial charge in [-0.2, -0.15) is 0 Å². The molecule has 5 nitrogen and oxygen atoms in total. The minimum absolute atomic E-state index is 0.204. The molecule has 1 aromatic rings. The van der Waals surface area contributed by atoms with Gasteiger partial charge in [-0.1, -0.05) is 0 Å². The van der Waals surface area contributed by atoms with E-state index in [1.165, 1.54) is 13.1 Å². The summed E-state index contributed by atoms with van der Waals surface area (Å²) in [6, 6.07) is 5.81. The fourth-order valence-corrected chi connectivity index (χ4v) is 3.49. The number of nitrogens with one attached hydrogen (secondary N) is 1. The third-order valence-electron chi connectivity index (χ3n) is 3.81. The van der Waals surface area contributed by atoms with E-state index in [-0.39, 0.29) is 4.90 Å². The van der Waals surface area contributed by atoms with Gasteiger partial charge in [0.25, 0.3) is 0 Å². The van der Waals surface area contributed by atoms with Crippen LogP contribution in [0, 0.1) is 0 Å². The average molecular weight is 283 g/mol. The molecule has 1 aliphatic rings. The summed E-state index contributed by atoms with van der Waals surface area (Å²) < 4.78 is 25.8. The van der Waals surface area contributed by atoms with Crippen molar-refractivity contribution in [2.24, 2.45) is 0 Å². The summed E-state index contributed by atoms with van der Waals surface area (Å²) in [7, 11) is -2.04. The van der Waals surface area contributed by atoms with Crippen LogP contribution in [0.2, 0.25) is 0 Å². The molecule has 1 aromatic carbocycles. The van der Waals surface area contributed by atoms with Gasteiger partial charge in [0.1, 0.15) is 0 Å². The minimum atomic E-state index is -3.44. The predicted octanol–water partition coefficient (Wildman–Crippen LogP) is 1.55. The van der Waals surface area contributed by atoms with E-state index in [0.29, 0.717) is 17.8 Å². The third-order valence-corrected chi connectivity index (χ3v) is 5.22. The summed E-state index contributed by atoms with van der Waals surface area (Å²) in [5.74, 6) is 0. The number of sulfonamides is 1. The van der Waals surface area contributed by atoms with Crippen LogP contribution in [0.5, 0.6) is 0 Å². The van der Waals surface area contributed by atoms with Gasteiger partial charge < -0.3 is 10.6 Å². The first kappa shape index (κ1) is 14.1. The number of nitrogens with zero attached hydrogens (tertiary/aromatic N) is 1. The third kappa shape index (κ3) is 2.55. The van der Waals surface area contributed by atoms with E-state index >= 15 is 0 Å². The first-order valence-corrected chi connectivity index (χ1v) is 7.96. The quantitative estimate of drug-likeness (QED) is 0.825. The summed E-state index contributed by atoms with van der Waals surface area (Å²) in [5, 5.41) is 0. The van der Waals surface area contributed by atoms with Crippen LogP contribution in [0.25, 0.3) is 0 Å². The predicted molar refractivity (Wildman–Crippen MR) is 77.7 cm³/mol. The monoisotopic (exact) mass is 283 g/mol. The molecule has 6 heteroatoms. The molecule has 2 rings (SSSR count). The van der Waals surface area contributed by atoms with Gasteiger partial charge in [0.15, 0.2) is 0 Å². The molecule has 0 radical (unpaired) electrons. The summed E-state index contributed by atoms with van der Waals surface area (Å²) in [5.41, 5.74) is 7.48. The molecule has 1 aliphatic heterocycles. The zero-order chi connectivity index (χ0) is 14.2. The van der Waals surface area contributed by atoms with Gasteiger partial charge in [-0.3, -0.25) is 0 Å². The van der Waals surface area contributed by atoms with Crippen molar-refractivity contribution in [3.8, 4) is 0 Å². The largest absolute Gasteiger partial charge is 0.397 e. The van der Waals surface area contributed by atoms with Crippen LogP contribution in [0.4, 0.5) is 11.4 Å². The Morgan fingerprint density at radius 2 is 1.84 bits per heavy atom. The standard InChI is InChI=1S/C13H21N3O2S/c1-9-4-5-10(2)16(9)13-7-6-11(8-12(13)14)19(17,18)15-3/h6-10,15H,4-5,14H2,1-3H3/t9-,10-/m0/s1. The summed E-state index contributed by atoms with van der Waals surface area (Å²) in [6.07, 6.45) is 2.27. The first-order chi connectivity index (χ1) is 8.86. The van der Waals surface area contributed by atoms with Gasteiger partial charge in [0.2, 0.25) is 10.0 Å². The topological polar surface area (TPSA) is 75.4 Å². The average Bonchev–Trinajstić information content (AvgIpc) is 2.69. The molecular formula is C13H21N3O2S. The second kappa shape index (κ2) is 5.02. The van der Waals surface area contributed by atoms with Gasteiger partial charge in [0, 0.05) is 12.1 Å². The summed E-state index contributed by atoms with van der Waals surface area (Å²) in [6.45, 7) is 4.34. The maximum atomic E-state index is 11.7. The van der Waals surface area contributed by atoms with Crippen LogP contribution in [0.1, 0.15) is 26.7 Å². The normalized spacial score (nSPS) is 23.8. The number of anilines is 2. The fourth-order valence-electron chi connectivity index (χ4n) is 2.72. The highest BCUT2D eigenvalue weighted by Crippen LogP contribution is 2.35. The van der Waals surface area contributed by atoms with E-state index in [1.807, 2.05) is 0 Å². The molecule has 0 saturated carbocycles. The number of hydrogen-bond acceptors (Lipinski definition) is 4. The molecule has 0 amide bonds. The van der Waals surface area contributed by atoms with E-state index in [9.17, 15) is 8.42 Å². The molecule has 0 bridgehead atoms. The Balaban J connectivity index is 2.40. The molecule has 2 atom stereocenters. The van der Waals surface area contributed by atoms with Crippen LogP contribution in [-0.4, -0.2) is 27.5 Å². The van der Waals surface area contributed by atoms with Crippen molar-refractivity contribution in [1.29, 1.82) is 0 Å². The van der Waals surface area contributed by atoms with E-state index in [2.05, 4.69) is 23.5 Å². The van der Waals surface area contributed by atoms with Crippen molar-refractivity contribution < 1.29 is 8.42 Å². The number of nitrogens with two attached hydrogens (primary N) is 1. The zero-order valence-electron chi connectivity index (χ0n) is 11.6. The molecule has 3 N–H and O–H groups in total. The van der Waals surface area contributed by atoms with Crippen LogP contribution in [0.3, 0.4) is 0 Å². The Morgan fingerprint density at radius 1 is 1.26 bits per heavy atom. The van der Waals surface area contributed by atoms with Crippen LogP contribution < -0.4 is 15.4 Å². The molecule has 1 fully saturated rings. The van der Waals surface area contributed by atoms with Gasteiger partial charge in [0.05, 0.1) is 16.3 Å². The number of benzene rings is 1. The molecule has 0 spiro atoms. The van der Waals surface area contributed by atoms with Crippen molar-refractivity contribution in [3.05, 3.63) is 18.2 Å². The Labute approximate surface area is 114 Å². The molecular weight excluding hydrogens is 262 g/mol. The molecule has 0 aliphatic carbocycles. The van der Waals surface area contributed by atoms with Crippen LogP contribution in [0.15, 0.2) is 23.1 Å². The van der Waals surface area contributed by atoms with Crippen molar-refractivity contribution in [2.45, 2.75) is 43.7 Å². The van der Waals surface area contributed by atoms with Gasteiger partial charge in [-0.05, 0) is 51.9 Å². The number of hydrogen-bond donors (Lipinski definition) is 2. The number of rotatable bonds is 3. The molecule has 0 unspecified atom stereocenters. The molecule has 106 valence electrons. The highest BCUT2D eigenvalue weighted by atomic mass is 32.2. The molecule has 0 aromatic heterocycles. The lowest BCUT2D eigenvalue weighted by molar-refractivity contribution is 0.588. The summed E-state index contributed by atoms with van der Waals surface area (Å²) in [4.78, 5) is 2.47. The van der Waals surface area contributed by atoms with E-state index < -0.39 is 10.0 Å². The number of nitrogen functional groups attached to an aromatic ring is 1. The molecule has 1 heterocycles. The van der Waals surface area contributed by atoms with Crippen molar-refractivity contribution in [2.75, 3.05) is 17.7 Å². The molecule has 1 saturated heterocycles. The maximum absolute atomic E-state index is 11.7. The lowest BCUT2D eigenvalue weighted by Gasteiger charge is -2.30. The van der Waals surface area contributed by atoms with E-state index in [4.69, 9.17) is 5.73 Å². The summed E-state index contributed by atoms with van der Waals surface area (Å²) >= 11 is 0. The van der Waals surface area contributed by atoms with E-state index in [1.54, 1.807) is 12.1 Å². The van der Waals surface area contributed by atoms with Crippen molar-refractivity contribution in [1.82, 2.24) is 4.72 Å². The van der Waals surface area contributed by atoms with E-state index in [0.717, 1.165) is 18.5 Å². The smallest absolute Gasteiger partial charge is 0.240 e. The zero-order valence-corrected chi connectivity index (χ0v) is 12.4. The minimum Gasteiger partial charge on any atom is -0.397 e. The highest BCUT2D eigenvalue weighted by Gasteiger charge is 2.29. The van der Waals surface area contributed by atoms with Crippen molar-refractivity contribution >= 4 is 21.4 Å². The first-order valence-electron chi connectivity index (χ1n) is 6.48. The van der Waals surface area contributed by atoms with Gasteiger partial charge >= 0.3 is 0 Å².